The zero-order valence-electron chi connectivity index (χ0n) is 13.2. The SMILES string of the molecule is COc1ccc(O[C@H](C)CNC(=O)/C=C\c2cccnc2)cc1. The van der Waals surface area contributed by atoms with Gasteiger partial charge in [-0.05, 0) is 48.9 Å². The number of carbonyl (C=O) groups is 1. The predicted molar refractivity (Wildman–Crippen MR) is 89.4 cm³/mol. The summed E-state index contributed by atoms with van der Waals surface area (Å²) in [6.07, 6.45) is 6.45. The van der Waals surface area contributed by atoms with Crippen molar-refractivity contribution in [2.24, 2.45) is 0 Å². The van der Waals surface area contributed by atoms with Gasteiger partial charge in [-0.2, -0.15) is 0 Å². The van der Waals surface area contributed by atoms with Crippen molar-refractivity contribution >= 4 is 12.0 Å². The highest BCUT2D eigenvalue weighted by molar-refractivity contribution is 5.91. The lowest BCUT2D eigenvalue weighted by Gasteiger charge is -2.15. The first-order valence-electron chi connectivity index (χ1n) is 7.34. The van der Waals surface area contributed by atoms with Crippen LogP contribution in [0.3, 0.4) is 0 Å². The molecule has 0 fully saturated rings. The lowest BCUT2D eigenvalue weighted by atomic mass is 10.2. The van der Waals surface area contributed by atoms with E-state index >= 15 is 0 Å². The van der Waals surface area contributed by atoms with Crippen LogP contribution < -0.4 is 14.8 Å². The molecule has 1 amide bonds. The summed E-state index contributed by atoms with van der Waals surface area (Å²) in [6, 6.07) is 11.0. The molecule has 120 valence electrons. The van der Waals surface area contributed by atoms with Crippen molar-refractivity contribution in [3.05, 3.63) is 60.4 Å². The number of hydrogen-bond acceptors (Lipinski definition) is 4. The molecule has 0 aliphatic carbocycles. The predicted octanol–water partition coefficient (Wildman–Crippen LogP) is 2.69. The summed E-state index contributed by atoms with van der Waals surface area (Å²) < 4.78 is 10.8. The number of nitrogens with zero attached hydrogens (tertiary/aromatic N) is 1. The summed E-state index contributed by atoms with van der Waals surface area (Å²) >= 11 is 0. The van der Waals surface area contributed by atoms with Gasteiger partial charge >= 0.3 is 0 Å². The first-order chi connectivity index (χ1) is 11.2. The van der Waals surface area contributed by atoms with Gasteiger partial charge in [0.1, 0.15) is 17.6 Å². The molecular formula is C18H20N2O3. The Bertz CT molecular complexity index is 639. The average molecular weight is 312 g/mol. The van der Waals surface area contributed by atoms with E-state index in [1.165, 1.54) is 6.08 Å². The molecule has 0 aliphatic rings. The topological polar surface area (TPSA) is 60.5 Å². The second kappa shape index (κ2) is 8.58. The lowest BCUT2D eigenvalue weighted by molar-refractivity contribution is -0.116. The summed E-state index contributed by atoms with van der Waals surface area (Å²) in [4.78, 5) is 15.8. The summed E-state index contributed by atoms with van der Waals surface area (Å²) in [5.41, 5.74) is 0.880. The average Bonchev–Trinajstić information content (AvgIpc) is 2.60. The van der Waals surface area contributed by atoms with Crippen molar-refractivity contribution in [2.75, 3.05) is 13.7 Å². The fourth-order valence-electron chi connectivity index (χ4n) is 1.88. The van der Waals surface area contributed by atoms with Gasteiger partial charge in [-0.1, -0.05) is 6.07 Å². The van der Waals surface area contributed by atoms with E-state index in [-0.39, 0.29) is 12.0 Å². The van der Waals surface area contributed by atoms with Crippen LogP contribution in [-0.4, -0.2) is 30.6 Å². The third-order valence-corrected chi connectivity index (χ3v) is 3.07. The molecule has 2 rings (SSSR count). The van der Waals surface area contributed by atoms with Crippen molar-refractivity contribution in [3.8, 4) is 11.5 Å². The quantitative estimate of drug-likeness (QED) is 0.799. The van der Waals surface area contributed by atoms with Gasteiger partial charge in [0.25, 0.3) is 0 Å². The van der Waals surface area contributed by atoms with Crippen LogP contribution in [-0.2, 0) is 4.79 Å². The highest BCUT2D eigenvalue weighted by Crippen LogP contribution is 2.17. The maximum Gasteiger partial charge on any atom is 0.244 e. The third-order valence-electron chi connectivity index (χ3n) is 3.07. The Morgan fingerprint density at radius 2 is 2.00 bits per heavy atom. The summed E-state index contributed by atoms with van der Waals surface area (Å²) in [6.45, 7) is 2.32. The maximum absolute atomic E-state index is 11.8. The largest absolute Gasteiger partial charge is 0.497 e. The van der Waals surface area contributed by atoms with Gasteiger partial charge in [0, 0.05) is 18.5 Å². The molecular weight excluding hydrogens is 292 g/mol. The molecule has 1 atom stereocenters. The second-order valence-electron chi connectivity index (χ2n) is 4.97. The van der Waals surface area contributed by atoms with E-state index in [9.17, 15) is 4.79 Å². The first kappa shape index (κ1) is 16.5. The molecule has 0 unspecified atom stereocenters. The van der Waals surface area contributed by atoms with Crippen LogP contribution in [0, 0.1) is 0 Å². The Kier molecular flexibility index (Phi) is 6.17. The van der Waals surface area contributed by atoms with Gasteiger partial charge in [-0.15, -0.1) is 0 Å². The molecule has 0 saturated carbocycles. The zero-order chi connectivity index (χ0) is 16.5. The van der Waals surface area contributed by atoms with Crippen LogP contribution >= 0.6 is 0 Å². The number of hydrogen-bond donors (Lipinski definition) is 1. The van der Waals surface area contributed by atoms with Crippen LogP contribution in [0.25, 0.3) is 6.08 Å². The molecule has 5 heteroatoms. The number of benzene rings is 1. The van der Waals surface area contributed by atoms with E-state index in [2.05, 4.69) is 10.3 Å². The summed E-state index contributed by atoms with van der Waals surface area (Å²) in [5.74, 6) is 1.34. The van der Waals surface area contributed by atoms with Crippen molar-refractivity contribution in [1.29, 1.82) is 0 Å². The monoisotopic (exact) mass is 312 g/mol. The molecule has 1 N–H and O–H groups in total. The fraction of sp³-hybridized carbons (Fsp3) is 0.222. The van der Waals surface area contributed by atoms with Gasteiger partial charge in [0.15, 0.2) is 0 Å². The Hall–Kier alpha value is -2.82. The number of ether oxygens (including phenoxy) is 2. The Balaban J connectivity index is 1.75. The minimum absolute atomic E-state index is 0.140. The molecule has 1 heterocycles. The van der Waals surface area contributed by atoms with Crippen LogP contribution in [0.4, 0.5) is 0 Å². The van der Waals surface area contributed by atoms with Crippen LogP contribution in [0.15, 0.2) is 54.9 Å². The molecule has 0 aliphatic heterocycles. The Labute approximate surface area is 136 Å². The van der Waals surface area contributed by atoms with Crippen LogP contribution in [0.1, 0.15) is 12.5 Å². The normalized spacial score (nSPS) is 11.9. The number of methoxy groups -OCH3 is 1. The highest BCUT2D eigenvalue weighted by Gasteiger charge is 2.05. The molecule has 0 saturated heterocycles. The van der Waals surface area contributed by atoms with Crippen molar-refractivity contribution in [1.82, 2.24) is 10.3 Å². The molecule has 1 aromatic carbocycles. The zero-order valence-corrected chi connectivity index (χ0v) is 13.2. The van der Waals surface area contributed by atoms with Gasteiger partial charge in [0.05, 0.1) is 13.7 Å². The first-order valence-corrected chi connectivity index (χ1v) is 7.34. The number of pyridine rings is 1. The van der Waals surface area contributed by atoms with E-state index in [0.717, 1.165) is 17.1 Å². The smallest absolute Gasteiger partial charge is 0.244 e. The molecule has 0 radical (unpaired) electrons. The molecule has 1 aromatic heterocycles. The lowest BCUT2D eigenvalue weighted by Crippen LogP contribution is -2.32. The van der Waals surface area contributed by atoms with Gasteiger partial charge in [0.2, 0.25) is 5.91 Å². The summed E-state index contributed by atoms with van der Waals surface area (Å²) in [7, 11) is 1.62. The number of nitrogens with one attached hydrogen (secondary N) is 1. The number of amides is 1. The fourth-order valence-corrected chi connectivity index (χ4v) is 1.88. The van der Waals surface area contributed by atoms with Gasteiger partial charge in [-0.25, -0.2) is 0 Å². The van der Waals surface area contributed by atoms with Crippen LogP contribution in [0.2, 0.25) is 0 Å². The molecule has 0 spiro atoms. The van der Waals surface area contributed by atoms with Gasteiger partial charge in [-0.3, -0.25) is 9.78 Å². The Morgan fingerprint density at radius 3 is 2.65 bits per heavy atom. The minimum Gasteiger partial charge on any atom is -0.497 e. The van der Waals surface area contributed by atoms with Crippen molar-refractivity contribution in [2.45, 2.75) is 13.0 Å². The van der Waals surface area contributed by atoms with Gasteiger partial charge < -0.3 is 14.8 Å². The van der Waals surface area contributed by atoms with Crippen LogP contribution in [0.5, 0.6) is 11.5 Å². The van der Waals surface area contributed by atoms with E-state index in [1.807, 2.05) is 43.3 Å². The molecule has 5 nitrogen and oxygen atoms in total. The highest BCUT2D eigenvalue weighted by atomic mass is 16.5. The number of aromatic nitrogens is 1. The number of carbonyl (C=O) groups excluding carboxylic acids is 1. The Morgan fingerprint density at radius 1 is 1.26 bits per heavy atom. The summed E-state index contributed by atoms with van der Waals surface area (Å²) in [5, 5.41) is 2.80. The van der Waals surface area contributed by atoms with E-state index in [0.29, 0.717) is 6.54 Å². The van der Waals surface area contributed by atoms with E-state index in [1.54, 1.807) is 25.6 Å². The molecule has 0 bridgehead atoms. The molecule has 23 heavy (non-hydrogen) atoms. The number of rotatable bonds is 7. The molecule has 2 aromatic rings. The maximum atomic E-state index is 11.8. The minimum atomic E-state index is -0.168. The van der Waals surface area contributed by atoms with Crippen molar-refractivity contribution in [3.63, 3.8) is 0 Å². The van der Waals surface area contributed by atoms with Crippen molar-refractivity contribution < 1.29 is 14.3 Å². The van der Waals surface area contributed by atoms with E-state index < -0.39 is 0 Å². The second-order valence-corrected chi connectivity index (χ2v) is 4.97. The standard InChI is InChI=1S/C18H20N2O3/c1-14(23-17-8-6-16(22-2)7-9-17)12-20-18(21)10-5-15-4-3-11-19-13-15/h3-11,13-14H,12H2,1-2H3,(H,20,21)/b10-5-/t14-/m1/s1. The third kappa shape index (κ3) is 5.82. The van der Waals surface area contributed by atoms with E-state index in [4.69, 9.17) is 9.47 Å².